The first kappa shape index (κ1) is 18.8. The van der Waals surface area contributed by atoms with E-state index in [0.717, 1.165) is 11.3 Å². The van der Waals surface area contributed by atoms with Crippen molar-refractivity contribution in [1.29, 1.82) is 0 Å². The summed E-state index contributed by atoms with van der Waals surface area (Å²) in [6.45, 7) is 7.51. The van der Waals surface area contributed by atoms with Crippen LogP contribution in [0.3, 0.4) is 0 Å². The van der Waals surface area contributed by atoms with Crippen molar-refractivity contribution >= 4 is 27.3 Å². The van der Waals surface area contributed by atoms with E-state index >= 15 is 0 Å². The van der Waals surface area contributed by atoms with Gasteiger partial charge in [0.15, 0.2) is 11.6 Å². The number of nitrogens with zero attached hydrogens (tertiary/aromatic N) is 3. The van der Waals surface area contributed by atoms with E-state index < -0.39 is 10.0 Å². The Morgan fingerprint density at radius 3 is 2.26 bits per heavy atom. The molecule has 3 N–H and O–H groups in total. The van der Waals surface area contributed by atoms with Gasteiger partial charge in [0.05, 0.1) is 11.4 Å². The molecule has 3 rings (SSSR count). The summed E-state index contributed by atoms with van der Waals surface area (Å²) in [5, 5.41) is 17.8. The smallest absolute Gasteiger partial charge is 0.266 e. The van der Waals surface area contributed by atoms with Crippen LogP contribution in [0.1, 0.15) is 36.7 Å². The number of anilines is 3. The van der Waals surface area contributed by atoms with Crippen LogP contribution in [0.15, 0.2) is 41.3 Å². The number of H-pyrrole nitrogens is 1. The minimum Gasteiger partial charge on any atom is -0.338 e. The van der Waals surface area contributed by atoms with Gasteiger partial charge in [0, 0.05) is 5.69 Å². The predicted octanol–water partition coefficient (Wildman–Crippen LogP) is 3.48. The quantitative estimate of drug-likeness (QED) is 0.598. The lowest BCUT2D eigenvalue weighted by atomic mass is 10.0. The molecule has 0 saturated heterocycles. The van der Waals surface area contributed by atoms with E-state index in [1.807, 2.05) is 18.2 Å². The molecular weight excluding hydrogens is 364 g/mol. The Morgan fingerprint density at radius 1 is 1.00 bits per heavy atom. The monoisotopic (exact) mass is 386 g/mol. The summed E-state index contributed by atoms with van der Waals surface area (Å²) in [6.07, 6.45) is 0. The Hall–Kier alpha value is -2.94. The highest BCUT2D eigenvalue weighted by Crippen LogP contribution is 2.26. The lowest BCUT2D eigenvalue weighted by molar-refractivity contribution is 0.600. The molecule has 0 atom stereocenters. The van der Waals surface area contributed by atoms with Gasteiger partial charge in [-0.3, -0.25) is 9.82 Å². The molecule has 0 fully saturated rings. The van der Waals surface area contributed by atoms with Crippen LogP contribution in [0.5, 0.6) is 0 Å². The minimum absolute atomic E-state index is 0.123. The third-order valence-electron chi connectivity index (χ3n) is 4.08. The number of sulfonamides is 1. The third-order valence-corrected chi connectivity index (χ3v) is 5.70. The van der Waals surface area contributed by atoms with Gasteiger partial charge in [-0.2, -0.15) is 5.10 Å². The van der Waals surface area contributed by atoms with E-state index in [2.05, 4.69) is 50.3 Å². The Kier molecular flexibility index (Phi) is 5.13. The summed E-state index contributed by atoms with van der Waals surface area (Å²) < 4.78 is 27.5. The maximum Gasteiger partial charge on any atom is 0.266 e. The zero-order chi connectivity index (χ0) is 19.6. The van der Waals surface area contributed by atoms with E-state index in [9.17, 15) is 8.42 Å². The molecule has 0 aliphatic rings. The maximum absolute atomic E-state index is 12.5. The Balaban J connectivity index is 1.79. The molecule has 0 amide bonds. The molecule has 0 saturated carbocycles. The average Bonchev–Trinajstić information content (AvgIpc) is 2.96. The van der Waals surface area contributed by atoms with Crippen molar-refractivity contribution in [3.8, 4) is 0 Å². The van der Waals surface area contributed by atoms with Gasteiger partial charge < -0.3 is 5.32 Å². The molecule has 142 valence electrons. The Bertz CT molecular complexity index is 1020. The molecule has 0 spiro atoms. The number of aromatic nitrogens is 4. The molecule has 2 heterocycles. The number of aryl methyl sites for hydroxylation is 2. The van der Waals surface area contributed by atoms with Gasteiger partial charge in [0.2, 0.25) is 0 Å². The lowest BCUT2D eigenvalue weighted by Gasteiger charge is -2.14. The van der Waals surface area contributed by atoms with Crippen LogP contribution in [0.4, 0.5) is 17.3 Å². The first-order valence-corrected chi connectivity index (χ1v) is 10.0. The molecule has 9 heteroatoms. The fourth-order valence-corrected chi connectivity index (χ4v) is 4.20. The Labute approximate surface area is 158 Å². The highest BCUT2D eigenvalue weighted by atomic mass is 32.2. The van der Waals surface area contributed by atoms with Gasteiger partial charge >= 0.3 is 0 Å². The van der Waals surface area contributed by atoms with Crippen LogP contribution in [-0.4, -0.2) is 28.8 Å². The van der Waals surface area contributed by atoms with Gasteiger partial charge in [-0.05, 0) is 43.5 Å². The number of benzene rings is 1. The number of hydrogen-bond acceptors (Lipinski definition) is 6. The van der Waals surface area contributed by atoms with Gasteiger partial charge in [-0.25, -0.2) is 8.42 Å². The van der Waals surface area contributed by atoms with Gasteiger partial charge in [-0.1, -0.05) is 32.0 Å². The van der Waals surface area contributed by atoms with Crippen LogP contribution in [-0.2, 0) is 10.0 Å². The minimum atomic E-state index is -3.79. The van der Waals surface area contributed by atoms with E-state index in [4.69, 9.17) is 0 Å². The van der Waals surface area contributed by atoms with Crippen molar-refractivity contribution < 1.29 is 8.42 Å². The molecule has 0 aliphatic carbocycles. The number of nitrogens with one attached hydrogen (secondary N) is 3. The van der Waals surface area contributed by atoms with E-state index in [1.165, 1.54) is 0 Å². The van der Waals surface area contributed by atoms with Crippen molar-refractivity contribution in [1.82, 2.24) is 20.4 Å². The fourth-order valence-electron chi connectivity index (χ4n) is 2.83. The zero-order valence-electron chi connectivity index (χ0n) is 15.6. The summed E-state index contributed by atoms with van der Waals surface area (Å²) in [6, 6.07) is 11.2. The van der Waals surface area contributed by atoms with Crippen molar-refractivity contribution in [3.05, 3.63) is 53.3 Å². The van der Waals surface area contributed by atoms with Crippen molar-refractivity contribution in [2.24, 2.45) is 0 Å². The second kappa shape index (κ2) is 7.36. The topological polar surface area (TPSA) is 113 Å². The molecular formula is C18H22N6O2S. The first-order valence-electron chi connectivity index (χ1n) is 8.52. The summed E-state index contributed by atoms with van der Waals surface area (Å²) in [7, 11) is -3.79. The lowest BCUT2D eigenvalue weighted by Crippen LogP contribution is -2.16. The van der Waals surface area contributed by atoms with E-state index in [-0.39, 0.29) is 10.7 Å². The third kappa shape index (κ3) is 4.08. The first-order chi connectivity index (χ1) is 12.8. The molecule has 2 aromatic heterocycles. The van der Waals surface area contributed by atoms with Crippen LogP contribution >= 0.6 is 0 Å². The largest absolute Gasteiger partial charge is 0.338 e. The molecule has 0 unspecified atom stereocenters. The number of aromatic amines is 1. The molecule has 0 aliphatic heterocycles. The van der Waals surface area contributed by atoms with Crippen LogP contribution in [0, 0.1) is 13.8 Å². The summed E-state index contributed by atoms with van der Waals surface area (Å²) >= 11 is 0. The number of para-hydroxylation sites is 1. The SMILES string of the molecule is Cc1n[nH]c(C)c1S(=O)(=O)Nc1ccc(Nc2ccccc2C(C)C)nn1. The highest BCUT2D eigenvalue weighted by molar-refractivity contribution is 7.92. The van der Waals surface area contributed by atoms with E-state index in [0.29, 0.717) is 23.1 Å². The maximum atomic E-state index is 12.5. The van der Waals surface area contributed by atoms with Gasteiger partial charge in [0.25, 0.3) is 10.0 Å². The van der Waals surface area contributed by atoms with Crippen LogP contribution in [0.25, 0.3) is 0 Å². The van der Waals surface area contributed by atoms with Crippen molar-refractivity contribution in [2.45, 2.75) is 38.5 Å². The average molecular weight is 386 g/mol. The van der Waals surface area contributed by atoms with Crippen molar-refractivity contribution in [2.75, 3.05) is 10.0 Å². The number of hydrogen-bond donors (Lipinski definition) is 3. The summed E-state index contributed by atoms with van der Waals surface area (Å²) in [4.78, 5) is 0.123. The summed E-state index contributed by atoms with van der Waals surface area (Å²) in [5.74, 6) is 1.02. The highest BCUT2D eigenvalue weighted by Gasteiger charge is 2.22. The van der Waals surface area contributed by atoms with Gasteiger partial charge in [-0.15, -0.1) is 10.2 Å². The van der Waals surface area contributed by atoms with Crippen LogP contribution < -0.4 is 10.0 Å². The fraction of sp³-hybridized carbons (Fsp3) is 0.278. The Morgan fingerprint density at radius 2 is 1.67 bits per heavy atom. The second-order valence-corrected chi connectivity index (χ2v) is 8.16. The molecule has 8 nitrogen and oxygen atoms in total. The van der Waals surface area contributed by atoms with Crippen LogP contribution in [0.2, 0.25) is 0 Å². The zero-order valence-corrected chi connectivity index (χ0v) is 16.4. The normalized spacial score (nSPS) is 11.6. The van der Waals surface area contributed by atoms with Crippen molar-refractivity contribution in [3.63, 3.8) is 0 Å². The molecule has 27 heavy (non-hydrogen) atoms. The number of rotatable bonds is 6. The standard InChI is InChI=1S/C18H22N6O2S/c1-11(2)14-7-5-6-8-15(14)19-16-9-10-17(23-22-16)24-27(25,26)18-12(3)20-21-13(18)4/h5-11H,1-4H3,(H,19,22)(H,20,21)(H,23,24). The molecule has 0 bridgehead atoms. The molecule has 3 aromatic rings. The predicted molar refractivity (Wildman–Crippen MR) is 105 cm³/mol. The molecule has 0 radical (unpaired) electrons. The van der Waals surface area contributed by atoms with E-state index in [1.54, 1.807) is 26.0 Å². The molecule has 1 aromatic carbocycles. The van der Waals surface area contributed by atoms with Gasteiger partial charge in [0.1, 0.15) is 4.90 Å². The second-order valence-electron chi connectivity index (χ2n) is 6.54. The summed E-state index contributed by atoms with van der Waals surface area (Å²) in [5.41, 5.74) is 2.97.